The Hall–Kier alpha value is -1.15. The fourth-order valence-electron chi connectivity index (χ4n) is 1.23. The van der Waals surface area contributed by atoms with Gasteiger partial charge in [0.25, 0.3) is 0 Å². The molecule has 84 valence electrons. The smallest absolute Gasteiger partial charge is 0.229 e. The van der Waals surface area contributed by atoms with Crippen molar-refractivity contribution in [3.05, 3.63) is 11.7 Å². The lowest BCUT2D eigenvalue weighted by Crippen LogP contribution is -1.84. The minimum atomic E-state index is 0.481. The van der Waals surface area contributed by atoms with Crippen LogP contribution in [0, 0.1) is 0 Å². The topological polar surface area (TPSA) is 90.7 Å². The maximum absolute atomic E-state index is 5.48. The van der Waals surface area contributed by atoms with E-state index in [2.05, 4.69) is 20.3 Å². The predicted molar refractivity (Wildman–Crippen MR) is 60.2 cm³/mol. The van der Waals surface area contributed by atoms with Gasteiger partial charge in [-0.05, 0) is 12.8 Å². The number of nitrogens with zero attached hydrogens (tertiary/aromatic N) is 4. The average Bonchev–Trinajstić information content (AvgIpc) is 2.87. The summed E-state index contributed by atoms with van der Waals surface area (Å²) >= 11 is 2.88. The number of nitrogens with two attached hydrogens (primary N) is 1. The number of rotatable bonds is 4. The Kier molecular flexibility index (Phi) is 2.52. The van der Waals surface area contributed by atoms with Gasteiger partial charge < -0.3 is 10.3 Å². The van der Waals surface area contributed by atoms with Crippen LogP contribution >= 0.6 is 23.1 Å². The van der Waals surface area contributed by atoms with E-state index in [1.54, 1.807) is 0 Å². The van der Waals surface area contributed by atoms with E-state index in [1.165, 1.54) is 35.9 Å². The average molecular weight is 255 g/mol. The quantitative estimate of drug-likeness (QED) is 0.831. The summed E-state index contributed by atoms with van der Waals surface area (Å²) in [6.45, 7) is 0. The van der Waals surface area contributed by atoms with Crippen LogP contribution < -0.4 is 5.73 Å². The fraction of sp³-hybridized carbons (Fsp3) is 0.500. The van der Waals surface area contributed by atoms with Crippen LogP contribution in [0.15, 0.2) is 8.86 Å². The molecule has 1 aliphatic rings. The van der Waals surface area contributed by atoms with E-state index in [0.717, 1.165) is 10.2 Å². The van der Waals surface area contributed by atoms with Crippen molar-refractivity contribution in [2.75, 3.05) is 5.73 Å². The second-order valence-corrected chi connectivity index (χ2v) is 5.75. The van der Waals surface area contributed by atoms with Crippen molar-refractivity contribution in [3.63, 3.8) is 0 Å². The number of aromatic nitrogens is 4. The summed E-state index contributed by atoms with van der Waals surface area (Å²) in [5, 5.41) is 12.0. The molecular formula is C8H9N5OS2. The van der Waals surface area contributed by atoms with Gasteiger partial charge in [0.15, 0.2) is 10.2 Å². The first kappa shape index (κ1) is 10.0. The van der Waals surface area contributed by atoms with Gasteiger partial charge in [-0.25, -0.2) is 0 Å². The highest BCUT2D eigenvalue weighted by Gasteiger charge is 2.29. The van der Waals surface area contributed by atoms with E-state index in [1.807, 2.05) is 0 Å². The molecule has 16 heavy (non-hydrogen) atoms. The van der Waals surface area contributed by atoms with Gasteiger partial charge in [-0.2, -0.15) is 4.98 Å². The molecule has 0 amide bonds. The number of hydrogen-bond donors (Lipinski definition) is 1. The van der Waals surface area contributed by atoms with Crippen LogP contribution in [0.1, 0.15) is 30.5 Å². The standard InChI is InChI=1S/C8H9N5OS2/c9-7-11-12-8(16-7)15-3-5-10-6(14-13-5)4-1-2-4/h4H,1-3H2,(H2,9,11). The van der Waals surface area contributed by atoms with E-state index in [0.29, 0.717) is 22.6 Å². The lowest BCUT2D eigenvalue weighted by Gasteiger charge is -1.88. The van der Waals surface area contributed by atoms with Crippen LogP contribution in [0.4, 0.5) is 5.13 Å². The first-order chi connectivity index (χ1) is 7.81. The second-order valence-electron chi connectivity index (χ2n) is 3.52. The molecule has 0 spiro atoms. The first-order valence-corrected chi connectivity index (χ1v) is 6.66. The van der Waals surface area contributed by atoms with Crippen LogP contribution in [-0.4, -0.2) is 20.3 Å². The molecule has 2 N–H and O–H groups in total. The van der Waals surface area contributed by atoms with Crippen molar-refractivity contribution in [2.45, 2.75) is 28.9 Å². The van der Waals surface area contributed by atoms with Crippen molar-refractivity contribution in [3.8, 4) is 0 Å². The molecule has 8 heteroatoms. The molecule has 1 fully saturated rings. The normalized spacial score (nSPS) is 15.5. The van der Waals surface area contributed by atoms with Crippen LogP contribution in [0.3, 0.4) is 0 Å². The third-order valence-electron chi connectivity index (χ3n) is 2.16. The summed E-state index contributed by atoms with van der Waals surface area (Å²) in [4.78, 5) is 4.32. The van der Waals surface area contributed by atoms with E-state index in [4.69, 9.17) is 10.3 Å². The molecule has 2 aromatic heterocycles. The molecule has 1 saturated carbocycles. The van der Waals surface area contributed by atoms with Crippen LogP contribution in [0.25, 0.3) is 0 Å². The van der Waals surface area contributed by atoms with Gasteiger partial charge in [0.05, 0.1) is 5.75 Å². The van der Waals surface area contributed by atoms with Gasteiger partial charge in [-0.3, -0.25) is 0 Å². The summed E-state index contributed by atoms with van der Waals surface area (Å²) in [5.74, 6) is 2.63. The van der Waals surface area contributed by atoms with Crippen LogP contribution in [0.5, 0.6) is 0 Å². The Morgan fingerprint density at radius 3 is 3.00 bits per heavy atom. The van der Waals surface area contributed by atoms with Crippen molar-refractivity contribution < 1.29 is 4.52 Å². The Balaban J connectivity index is 1.61. The number of anilines is 1. The minimum absolute atomic E-state index is 0.481. The largest absolute Gasteiger partial charge is 0.374 e. The Morgan fingerprint density at radius 2 is 2.31 bits per heavy atom. The molecule has 0 atom stereocenters. The lowest BCUT2D eigenvalue weighted by atomic mass is 10.4. The Morgan fingerprint density at radius 1 is 1.44 bits per heavy atom. The molecule has 2 aromatic rings. The van der Waals surface area contributed by atoms with Gasteiger partial charge in [-0.15, -0.1) is 10.2 Å². The molecule has 0 aliphatic heterocycles. The highest BCUT2D eigenvalue weighted by Crippen LogP contribution is 2.39. The zero-order valence-corrected chi connectivity index (χ0v) is 9.92. The molecule has 1 aliphatic carbocycles. The molecule has 3 rings (SSSR count). The van der Waals surface area contributed by atoms with E-state index in [9.17, 15) is 0 Å². The van der Waals surface area contributed by atoms with E-state index in [-0.39, 0.29) is 0 Å². The minimum Gasteiger partial charge on any atom is -0.374 e. The van der Waals surface area contributed by atoms with Crippen molar-refractivity contribution >= 4 is 28.2 Å². The summed E-state index contributed by atoms with van der Waals surface area (Å²) in [5.41, 5.74) is 5.48. The third kappa shape index (κ3) is 2.17. The van der Waals surface area contributed by atoms with Crippen molar-refractivity contribution in [1.29, 1.82) is 0 Å². The Bertz CT molecular complexity index is 492. The number of thioether (sulfide) groups is 1. The van der Waals surface area contributed by atoms with Gasteiger partial charge in [0.1, 0.15) is 0 Å². The first-order valence-electron chi connectivity index (χ1n) is 4.85. The van der Waals surface area contributed by atoms with Crippen LogP contribution in [-0.2, 0) is 5.75 Å². The summed E-state index contributed by atoms with van der Waals surface area (Å²) in [6, 6.07) is 0. The highest BCUT2D eigenvalue weighted by molar-refractivity contribution is 8.00. The highest BCUT2D eigenvalue weighted by atomic mass is 32.2. The summed E-state index contributed by atoms with van der Waals surface area (Å²) in [6.07, 6.45) is 2.34. The monoisotopic (exact) mass is 255 g/mol. The fourth-order valence-corrected chi connectivity index (χ4v) is 2.71. The van der Waals surface area contributed by atoms with E-state index >= 15 is 0 Å². The molecule has 0 radical (unpaired) electrons. The predicted octanol–water partition coefficient (Wildman–Crippen LogP) is 1.67. The number of hydrogen-bond acceptors (Lipinski definition) is 8. The summed E-state index contributed by atoms with van der Waals surface area (Å²) in [7, 11) is 0. The van der Waals surface area contributed by atoms with Gasteiger partial charge in [0, 0.05) is 5.92 Å². The molecule has 2 heterocycles. The van der Waals surface area contributed by atoms with Gasteiger partial charge >= 0.3 is 0 Å². The SMILES string of the molecule is Nc1nnc(SCc2noc(C3CC3)n2)s1. The van der Waals surface area contributed by atoms with Crippen molar-refractivity contribution in [2.24, 2.45) is 0 Å². The lowest BCUT2D eigenvalue weighted by molar-refractivity contribution is 0.375. The second kappa shape index (κ2) is 4.02. The maximum Gasteiger partial charge on any atom is 0.229 e. The molecule has 0 aromatic carbocycles. The molecule has 6 nitrogen and oxygen atoms in total. The third-order valence-corrected chi connectivity index (χ3v) is 4.04. The van der Waals surface area contributed by atoms with Crippen molar-refractivity contribution in [1.82, 2.24) is 20.3 Å². The molecule has 0 unspecified atom stereocenters. The van der Waals surface area contributed by atoms with Crippen LogP contribution in [0.2, 0.25) is 0 Å². The molecule has 0 bridgehead atoms. The zero-order chi connectivity index (χ0) is 11.0. The van der Waals surface area contributed by atoms with Gasteiger partial charge in [0.2, 0.25) is 11.0 Å². The zero-order valence-electron chi connectivity index (χ0n) is 8.29. The molecule has 0 saturated heterocycles. The summed E-state index contributed by atoms with van der Waals surface area (Å²) < 4.78 is 5.98. The Labute approximate surface area is 99.6 Å². The number of nitrogen functional groups attached to an aromatic ring is 1. The van der Waals surface area contributed by atoms with Gasteiger partial charge in [-0.1, -0.05) is 28.3 Å². The molecular weight excluding hydrogens is 246 g/mol. The maximum atomic E-state index is 5.48. The van der Waals surface area contributed by atoms with E-state index < -0.39 is 0 Å².